The average molecular weight is 356 g/mol. The summed E-state index contributed by atoms with van der Waals surface area (Å²) < 4.78 is 12.1. The number of hydrogen-bond acceptors (Lipinski definition) is 4. The molecular formula is C20H24O4Si. The zero-order valence-electron chi connectivity index (χ0n) is 15.6. The summed E-state index contributed by atoms with van der Waals surface area (Å²) in [5.74, 6) is 0.254. The van der Waals surface area contributed by atoms with Gasteiger partial charge in [0.15, 0.2) is 19.9 Å². The van der Waals surface area contributed by atoms with Gasteiger partial charge in [-0.25, -0.2) is 0 Å². The maximum Gasteiger partial charge on any atom is 0.229 e. The van der Waals surface area contributed by atoms with E-state index in [1.54, 1.807) is 30.3 Å². The molecule has 0 spiro atoms. The van der Waals surface area contributed by atoms with Gasteiger partial charge in [-0.2, -0.15) is 0 Å². The van der Waals surface area contributed by atoms with Gasteiger partial charge in [0.05, 0.1) is 5.56 Å². The first kappa shape index (κ1) is 17.8. The Hall–Kier alpha value is -1.98. The second-order valence-corrected chi connectivity index (χ2v) is 12.9. The lowest BCUT2D eigenvalue weighted by molar-refractivity contribution is 0.0954. The summed E-state index contributed by atoms with van der Waals surface area (Å²) in [6.07, 6.45) is -0.310. The fourth-order valence-electron chi connectivity index (χ4n) is 2.77. The summed E-state index contributed by atoms with van der Waals surface area (Å²) >= 11 is 0. The first-order valence-corrected chi connectivity index (χ1v) is 11.4. The van der Waals surface area contributed by atoms with Crippen molar-refractivity contribution in [1.82, 2.24) is 0 Å². The van der Waals surface area contributed by atoms with E-state index in [4.69, 9.17) is 8.84 Å². The van der Waals surface area contributed by atoms with Crippen molar-refractivity contribution < 1.29 is 18.4 Å². The molecule has 0 N–H and O–H groups in total. The van der Waals surface area contributed by atoms with Crippen LogP contribution in [0.3, 0.4) is 0 Å². The summed E-state index contributed by atoms with van der Waals surface area (Å²) in [6, 6.07) is 8.53. The molecule has 1 aromatic carbocycles. The molecule has 1 unspecified atom stereocenters. The summed E-state index contributed by atoms with van der Waals surface area (Å²) in [4.78, 5) is 25.3. The molecule has 25 heavy (non-hydrogen) atoms. The number of fused-ring (bicyclic) bond motifs is 2. The van der Waals surface area contributed by atoms with Gasteiger partial charge in [0.1, 0.15) is 11.9 Å². The van der Waals surface area contributed by atoms with Gasteiger partial charge in [0, 0.05) is 11.1 Å². The number of ketones is 2. The predicted molar refractivity (Wildman–Crippen MR) is 98.7 cm³/mol. The van der Waals surface area contributed by atoms with E-state index in [1.165, 1.54) is 0 Å². The van der Waals surface area contributed by atoms with Gasteiger partial charge in [-0.15, -0.1) is 0 Å². The quantitative estimate of drug-likeness (QED) is 0.610. The van der Waals surface area contributed by atoms with Gasteiger partial charge in [0.2, 0.25) is 5.78 Å². The van der Waals surface area contributed by atoms with Crippen LogP contribution in [0.15, 0.2) is 34.7 Å². The van der Waals surface area contributed by atoms with Crippen molar-refractivity contribution in [3.8, 4) is 0 Å². The Morgan fingerprint density at radius 3 is 2.12 bits per heavy atom. The van der Waals surface area contributed by atoms with Crippen LogP contribution in [-0.2, 0) is 4.43 Å². The molecule has 1 heterocycles. The lowest BCUT2D eigenvalue weighted by Crippen LogP contribution is -2.41. The molecule has 0 aliphatic heterocycles. The van der Waals surface area contributed by atoms with E-state index in [0.29, 0.717) is 22.5 Å². The summed E-state index contributed by atoms with van der Waals surface area (Å²) in [5.41, 5.74) is 1.17. The van der Waals surface area contributed by atoms with Gasteiger partial charge in [-0.05, 0) is 31.1 Å². The van der Waals surface area contributed by atoms with Crippen molar-refractivity contribution >= 4 is 19.9 Å². The molecular weight excluding hydrogens is 332 g/mol. The molecule has 0 amide bonds. The van der Waals surface area contributed by atoms with Crippen LogP contribution in [0.4, 0.5) is 0 Å². The molecule has 5 heteroatoms. The van der Waals surface area contributed by atoms with Crippen LogP contribution < -0.4 is 0 Å². The Balaban J connectivity index is 1.96. The van der Waals surface area contributed by atoms with Gasteiger partial charge >= 0.3 is 0 Å². The Morgan fingerprint density at radius 1 is 1.00 bits per heavy atom. The minimum absolute atomic E-state index is 0.0648. The van der Waals surface area contributed by atoms with E-state index < -0.39 is 8.32 Å². The third-order valence-electron chi connectivity index (χ3n) is 5.30. The highest BCUT2D eigenvalue weighted by Crippen LogP contribution is 2.40. The van der Waals surface area contributed by atoms with Crippen molar-refractivity contribution in [2.45, 2.75) is 51.9 Å². The number of carbonyl (C=O) groups is 2. The fraction of sp³-hybridized carbons (Fsp3) is 0.400. The second kappa shape index (κ2) is 5.78. The third-order valence-corrected chi connectivity index (χ3v) is 9.85. The van der Waals surface area contributed by atoms with Crippen molar-refractivity contribution in [1.29, 1.82) is 0 Å². The van der Waals surface area contributed by atoms with Crippen LogP contribution >= 0.6 is 0 Å². The Labute approximate surface area is 149 Å². The molecule has 1 aromatic heterocycles. The van der Waals surface area contributed by atoms with Crippen LogP contribution in [0, 0.1) is 0 Å². The molecule has 1 aliphatic carbocycles. The Kier molecular flexibility index (Phi) is 4.12. The van der Waals surface area contributed by atoms with Crippen molar-refractivity contribution in [3.05, 3.63) is 58.5 Å². The van der Waals surface area contributed by atoms with Crippen molar-refractivity contribution in [3.63, 3.8) is 0 Å². The molecule has 1 aliphatic rings. The number of hydrogen-bond donors (Lipinski definition) is 0. The summed E-state index contributed by atoms with van der Waals surface area (Å²) in [6.45, 7) is 12.7. The van der Waals surface area contributed by atoms with E-state index in [9.17, 15) is 9.59 Å². The maximum atomic E-state index is 12.7. The van der Waals surface area contributed by atoms with Gasteiger partial charge < -0.3 is 8.84 Å². The highest BCUT2D eigenvalue weighted by Gasteiger charge is 2.40. The van der Waals surface area contributed by atoms with Gasteiger partial charge in [-0.3, -0.25) is 9.59 Å². The zero-order chi connectivity index (χ0) is 18.6. The van der Waals surface area contributed by atoms with E-state index in [-0.39, 0.29) is 28.5 Å². The molecule has 0 fully saturated rings. The molecule has 1 atom stereocenters. The van der Waals surface area contributed by atoms with Crippen LogP contribution in [0.5, 0.6) is 0 Å². The number of furan rings is 1. The lowest BCUT2D eigenvalue weighted by atomic mass is 9.88. The SMILES string of the molecule is CC(O[Si](C)(C)C(C)(C)C)c1cc2c(o1)C(=O)c1ccccc1C2=O. The standard InChI is InChI=1S/C20H24O4Si/c1-12(24-25(5,6)20(2,3)4)16-11-15-17(21)13-9-7-8-10-14(13)18(22)19(15)23-16/h7-12H,1-6H3. The van der Waals surface area contributed by atoms with E-state index in [1.807, 2.05) is 6.92 Å². The van der Waals surface area contributed by atoms with Crippen molar-refractivity contribution in [2.75, 3.05) is 0 Å². The molecule has 4 nitrogen and oxygen atoms in total. The second-order valence-electron chi connectivity index (χ2n) is 8.12. The minimum atomic E-state index is -1.99. The van der Waals surface area contributed by atoms with Gasteiger partial charge in [0.25, 0.3) is 0 Å². The highest BCUT2D eigenvalue weighted by atomic mass is 28.4. The summed E-state index contributed by atoms with van der Waals surface area (Å²) in [7, 11) is -1.99. The molecule has 132 valence electrons. The number of carbonyl (C=O) groups excluding carboxylic acids is 2. The highest BCUT2D eigenvalue weighted by molar-refractivity contribution is 6.74. The largest absolute Gasteiger partial charge is 0.454 e. The van der Waals surface area contributed by atoms with Crippen LogP contribution in [-0.4, -0.2) is 19.9 Å². The third kappa shape index (κ3) is 2.91. The molecule has 0 bridgehead atoms. The fourth-order valence-corrected chi connectivity index (χ4v) is 4.12. The van der Waals surface area contributed by atoms with Crippen molar-refractivity contribution in [2.24, 2.45) is 0 Å². The molecule has 3 rings (SSSR count). The Bertz CT molecular complexity index is 802. The van der Waals surface area contributed by atoms with E-state index >= 15 is 0 Å². The Morgan fingerprint density at radius 2 is 1.56 bits per heavy atom. The monoisotopic (exact) mass is 356 g/mol. The molecule has 2 aromatic rings. The topological polar surface area (TPSA) is 56.5 Å². The first-order chi connectivity index (χ1) is 11.5. The normalized spacial score (nSPS) is 15.8. The minimum Gasteiger partial charge on any atom is -0.454 e. The predicted octanol–water partition coefficient (Wildman–Crippen LogP) is 5.14. The van der Waals surface area contributed by atoms with Crippen LogP contribution in [0.25, 0.3) is 0 Å². The lowest BCUT2D eigenvalue weighted by Gasteiger charge is -2.38. The number of benzene rings is 1. The van der Waals surface area contributed by atoms with Crippen LogP contribution in [0.2, 0.25) is 18.1 Å². The van der Waals surface area contributed by atoms with Crippen LogP contribution in [0.1, 0.15) is 71.6 Å². The van der Waals surface area contributed by atoms with E-state index in [0.717, 1.165) is 0 Å². The van der Waals surface area contributed by atoms with Gasteiger partial charge in [-0.1, -0.05) is 45.0 Å². The summed E-state index contributed by atoms with van der Waals surface area (Å²) in [5, 5.41) is 0.0648. The maximum absolute atomic E-state index is 12.7. The average Bonchev–Trinajstić information content (AvgIpc) is 2.97. The zero-order valence-corrected chi connectivity index (χ0v) is 16.6. The van der Waals surface area contributed by atoms with E-state index in [2.05, 4.69) is 33.9 Å². The molecule has 0 saturated carbocycles. The number of rotatable bonds is 3. The molecule has 0 saturated heterocycles. The molecule has 0 radical (unpaired) electrons. The first-order valence-electron chi connectivity index (χ1n) is 8.53. The smallest absolute Gasteiger partial charge is 0.229 e.